The number of halogens is 1. The van der Waals surface area contributed by atoms with Crippen molar-refractivity contribution in [1.29, 1.82) is 0 Å². The van der Waals surface area contributed by atoms with Crippen molar-refractivity contribution in [2.75, 3.05) is 52.2 Å². The molecule has 38 heavy (non-hydrogen) atoms. The quantitative estimate of drug-likeness (QED) is 0.295. The van der Waals surface area contributed by atoms with Gasteiger partial charge in [0, 0.05) is 48.2 Å². The summed E-state index contributed by atoms with van der Waals surface area (Å²) in [7, 11) is 3.65. The van der Waals surface area contributed by atoms with Gasteiger partial charge >= 0.3 is 0 Å². The van der Waals surface area contributed by atoms with Crippen molar-refractivity contribution in [3.05, 3.63) is 82.9 Å². The average Bonchev–Trinajstić information content (AvgIpc) is 3.24. The van der Waals surface area contributed by atoms with Crippen molar-refractivity contribution in [3.63, 3.8) is 0 Å². The molecule has 0 bridgehead atoms. The Balaban J connectivity index is 1.47. The van der Waals surface area contributed by atoms with Crippen molar-refractivity contribution in [2.45, 2.75) is 0 Å². The third-order valence-electron chi connectivity index (χ3n) is 6.69. The summed E-state index contributed by atoms with van der Waals surface area (Å²) in [5.41, 5.74) is 3.90. The Kier molecular flexibility index (Phi) is 7.64. The minimum atomic E-state index is -0.0866. The topological polar surface area (TPSA) is 93.2 Å². The Morgan fingerprint density at radius 3 is 2.58 bits per heavy atom. The lowest BCUT2D eigenvalue weighted by atomic mass is 10.0. The van der Waals surface area contributed by atoms with Crippen molar-refractivity contribution in [1.82, 2.24) is 14.8 Å². The smallest absolute Gasteiger partial charge is 0.238 e. The second kappa shape index (κ2) is 11.3. The lowest BCUT2D eigenvalue weighted by Crippen LogP contribution is -2.47. The highest BCUT2D eigenvalue weighted by Crippen LogP contribution is 2.35. The summed E-state index contributed by atoms with van der Waals surface area (Å²) in [6.07, 6.45) is 0. The molecule has 0 unspecified atom stereocenters. The molecule has 0 aliphatic carbocycles. The van der Waals surface area contributed by atoms with E-state index in [4.69, 9.17) is 21.3 Å². The second-order valence-electron chi connectivity index (χ2n) is 9.38. The van der Waals surface area contributed by atoms with Gasteiger partial charge in [-0.1, -0.05) is 48.0 Å². The summed E-state index contributed by atoms with van der Waals surface area (Å²) in [4.78, 5) is 25.1. The van der Waals surface area contributed by atoms with Gasteiger partial charge in [0.15, 0.2) is 5.88 Å². The number of nitrogens with one attached hydrogen (secondary N) is 2. The summed E-state index contributed by atoms with van der Waals surface area (Å²) in [5.74, 6) is 0.418. The number of anilines is 1. The number of carbonyl (C=O) groups is 1. The zero-order valence-corrected chi connectivity index (χ0v) is 22.1. The van der Waals surface area contributed by atoms with Crippen LogP contribution in [0.4, 0.5) is 11.4 Å². The zero-order valence-electron chi connectivity index (χ0n) is 21.4. The molecule has 1 aromatic heterocycles. The van der Waals surface area contributed by atoms with E-state index >= 15 is 0 Å². The maximum Gasteiger partial charge on any atom is 0.238 e. The molecule has 5 rings (SSSR count). The first-order valence-corrected chi connectivity index (χ1v) is 12.8. The number of aromatic nitrogens is 1. The number of piperazine rings is 1. The first-order valence-electron chi connectivity index (χ1n) is 12.4. The predicted molar refractivity (Wildman–Crippen MR) is 152 cm³/mol. The number of nitrogens with zero attached hydrogens (tertiary/aromatic N) is 3. The van der Waals surface area contributed by atoms with Crippen LogP contribution >= 0.6 is 11.6 Å². The van der Waals surface area contributed by atoms with E-state index in [0.29, 0.717) is 45.5 Å². The molecule has 1 fully saturated rings. The standard InChI is InChI=1S/C29H30ClN5O3/c1-34-12-14-35(15-13-34)18-26(36)32-23-11-9-21(17-25(23)38-2)31-28(19-6-4-3-5-7-19)27-22-10-8-20(30)16-24(22)33-29(27)37/h3-11,16-17,33,37H,12-15,18H2,1-2H3,(H,32,36). The molecule has 3 aromatic carbocycles. The molecule has 196 valence electrons. The Morgan fingerprint density at radius 2 is 1.84 bits per heavy atom. The third-order valence-corrected chi connectivity index (χ3v) is 6.92. The van der Waals surface area contributed by atoms with Gasteiger partial charge in [-0.15, -0.1) is 0 Å². The number of likely N-dealkylation sites (N-methyl/N-ethyl adjacent to an activating group) is 1. The van der Waals surface area contributed by atoms with Gasteiger partial charge in [0.25, 0.3) is 0 Å². The fraction of sp³-hybridized carbons (Fsp3) is 0.241. The van der Waals surface area contributed by atoms with E-state index in [9.17, 15) is 9.90 Å². The number of benzene rings is 3. The fourth-order valence-corrected chi connectivity index (χ4v) is 4.81. The van der Waals surface area contributed by atoms with Gasteiger partial charge in [-0.05, 0) is 31.3 Å². The van der Waals surface area contributed by atoms with Crippen LogP contribution in [0.1, 0.15) is 11.1 Å². The lowest BCUT2D eigenvalue weighted by Gasteiger charge is -2.31. The van der Waals surface area contributed by atoms with E-state index in [1.165, 1.54) is 0 Å². The number of H-pyrrole nitrogens is 1. The largest absolute Gasteiger partial charge is 0.494 e. The summed E-state index contributed by atoms with van der Waals surface area (Å²) in [6.45, 7) is 3.96. The van der Waals surface area contributed by atoms with Gasteiger partial charge < -0.3 is 25.0 Å². The molecule has 4 aromatic rings. The summed E-state index contributed by atoms with van der Waals surface area (Å²) < 4.78 is 5.60. The van der Waals surface area contributed by atoms with Crippen LogP contribution in [0.5, 0.6) is 11.6 Å². The van der Waals surface area contributed by atoms with Crippen LogP contribution < -0.4 is 10.1 Å². The number of aliphatic imine (C=N–C) groups is 1. The number of hydrogen-bond acceptors (Lipinski definition) is 6. The van der Waals surface area contributed by atoms with Gasteiger partial charge in [0.1, 0.15) is 5.75 Å². The Labute approximate surface area is 226 Å². The van der Waals surface area contributed by atoms with Gasteiger partial charge in [0.05, 0.1) is 41.8 Å². The molecule has 3 N–H and O–H groups in total. The predicted octanol–water partition coefficient (Wildman–Crippen LogP) is 4.89. The maximum atomic E-state index is 12.7. The van der Waals surface area contributed by atoms with E-state index in [2.05, 4.69) is 27.1 Å². The number of carbonyl (C=O) groups excluding carboxylic acids is 1. The molecule has 0 radical (unpaired) electrons. The number of ether oxygens (including phenoxy) is 1. The van der Waals surface area contributed by atoms with Gasteiger partial charge in [0.2, 0.25) is 5.91 Å². The Hall–Kier alpha value is -3.85. The number of amides is 1. The van der Waals surface area contributed by atoms with Crippen LogP contribution in [0.25, 0.3) is 10.9 Å². The van der Waals surface area contributed by atoms with Crippen molar-refractivity contribution in [2.24, 2.45) is 4.99 Å². The van der Waals surface area contributed by atoms with Gasteiger partial charge in [-0.25, -0.2) is 4.99 Å². The minimum Gasteiger partial charge on any atom is -0.494 e. The highest BCUT2D eigenvalue weighted by Gasteiger charge is 2.20. The SMILES string of the molecule is COc1cc(N=C(c2ccccc2)c2c(O)[nH]c3cc(Cl)ccc23)ccc1NC(=O)CN1CCN(C)CC1. The number of aromatic amines is 1. The molecule has 2 heterocycles. The van der Waals surface area contributed by atoms with Gasteiger partial charge in [-0.3, -0.25) is 9.69 Å². The summed E-state index contributed by atoms with van der Waals surface area (Å²) in [6, 6.07) is 20.5. The molecule has 0 saturated carbocycles. The van der Waals surface area contributed by atoms with E-state index in [0.717, 1.165) is 37.1 Å². The Bertz CT molecular complexity index is 1480. The minimum absolute atomic E-state index is 0.00428. The van der Waals surface area contributed by atoms with E-state index in [1.54, 1.807) is 31.4 Å². The van der Waals surface area contributed by atoms with Crippen LogP contribution in [-0.2, 0) is 4.79 Å². The maximum absolute atomic E-state index is 12.7. The molecule has 9 heteroatoms. The Morgan fingerprint density at radius 1 is 1.08 bits per heavy atom. The molecule has 0 atom stereocenters. The molecular formula is C29H30ClN5O3. The average molecular weight is 532 g/mol. The van der Waals surface area contributed by atoms with Crippen molar-refractivity contribution >= 4 is 45.5 Å². The number of hydrogen-bond donors (Lipinski definition) is 3. The zero-order chi connectivity index (χ0) is 26.6. The number of aromatic hydroxyl groups is 1. The molecule has 1 aliphatic heterocycles. The van der Waals surface area contributed by atoms with Crippen LogP contribution in [0.2, 0.25) is 5.02 Å². The number of rotatable bonds is 7. The summed E-state index contributed by atoms with van der Waals surface area (Å²) >= 11 is 6.17. The third kappa shape index (κ3) is 5.67. The second-order valence-corrected chi connectivity index (χ2v) is 9.81. The molecule has 1 amide bonds. The van der Waals surface area contributed by atoms with Crippen LogP contribution in [0, 0.1) is 0 Å². The van der Waals surface area contributed by atoms with E-state index in [-0.39, 0.29) is 11.8 Å². The van der Waals surface area contributed by atoms with Crippen LogP contribution in [0.3, 0.4) is 0 Å². The highest BCUT2D eigenvalue weighted by atomic mass is 35.5. The molecule has 1 saturated heterocycles. The number of fused-ring (bicyclic) bond motifs is 1. The van der Waals surface area contributed by atoms with Crippen molar-refractivity contribution in [3.8, 4) is 11.6 Å². The molecule has 0 spiro atoms. The van der Waals surface area contributed by atoms with Crippen LogP contribution in [-0.4, -0.2) is 78.4 Å². The summed E-state index contributed by atoms with van der Waals surface area (Å²) in [5, 5.41) is 15.2. The first-order chi connectivity index (χ1) is 18.4. The van der Waals surface area contributed by atoms with Crippen molar-refractivity contribution < 1.29 is 14.6 Å². The fourth-order valence-electron chi connectivity index (χ4n) is 4.64. The molecular weight excluding hydrogens is 502 g/mol. The van der Waals surface area contributed by atoms with E-state index in [1.807, 2.05) is 42.5 Å². The van der Waals surface area contributed by atoms with E-state index < -0.39 is 0 Å². The first kappa shape index (κ1) is 25.8. The number of methoxy groups -OCH3 is 1. The van der Waals surface area contributed by atoms with Crippen LogP contribution in [0.15, 0.2) is 71.7 Å². The van der Waals surface area contributed by atoms with Gasteiger partial charge in [-0.2, -0.15) is 0 Å². The molecule has 1 aliphatic rings. The molecule has 8 nitrogen and oxygen atoms in total. The normalized spacial score (nSPS) is 15.1. The monoisotopic (exact) mass is 531 g/mol. The lowest BCUT2D eigenvalue weighted by molar-refractivity contribution is -0.117. The highest BCUT2D eigenvalue weighted by molar-refractivity contribution is 6.31.